The molecule has 1 heterocycles. The number of furan rings is 1. The first kappa shape index (κ1) is 11.2. The van der Waals surface area contributed by atoms with Gasteiger partial charge in [-0.05, 0) is 32.3 Å². The Hall–Kier alpha value is -1.29. The van der Waals surface area contributed by atoms with Crippen LogP contribution in [0.3, 0.4) is 0 Å². The molecule has 1 fully saturated rings. The predicted octanol–water partition coefficient (Wildman–Crippen LogP) is 1.80. The van der Waals surface area contributed by atoms with E-state index in [2.05, 4.69) is 4.74 Å². The number of hydrogen-bond donors (Lipinski definition) is 1. The fraction of sp³-hybridized carbons (Fsp3) is 0.583. The lowest BCUT2D eigenvalue weighted by atomic mass is 10.1. The molecule has 0 aromatic carbocycles. The molecule has 2 N–H and O–H groups in total. The highest BCUT2D eigenvalue weighted by molar-refractivity contribution is 5.90. The number of rotatable bonds is 4. The van der Waals surface area contributed by atoms with Crippen molar-refractivity contribution in [3.05, 3.63) is 23.2 Å². The Balaban J connectivity index is 2.02. The van der Waals surface area contributed by atoms with Gasteiger partial charge in [-0.1, -0.05) is 0 Å². The van der Waals surface area contributed by atoms with E-state index in [4.69, 9.17) is 10.2 Å². The zero-order valence-electron chi connectivity index (χ0n) is 9.71. The highest BCUT2D eigenvalue weighted by Gasteiger charge is 2.37. The summed E-state index contributed by atoms with van der Waals surface area (Å²) in [5.74, 6) is 1.08. The predicted molar refractivity (Wildman–Crippen MR) is 59.3 cm³/mol. The van der Waals surface area contributed by atoms with E-state index < -0.39 is 0 Å². The molecular formula is C12H17NO3. The van der Waals surface area contributed by atoms with Gasteiger partial charge >= 0.3 is 5.97 Å². The van der Waals surface area contributed by atoms with Gasteiger partial charge in [0.2, 0.25) is 0 Å². The fourth-order valence-electron chi connectivity index (χ4n) is 1.76. The van der Waals surface area contributed by atoms with E-state index in [0.29, 0.717) is 11.3 Å². The minimum atomic E-state index is -0.346. The van der Waals surface area contributed by atoms with E-state index in [-0.39, 0.29) is 11.5 Å². The lowest BCUT2D eigenvalue weighted by molar-refractivity contribution is 0.0599. The van der Waals surface area contributed by atoms with E-state index >= 15 is 0 Å². The largest absolute Gasteiger partial charge is 0.465 e. The quantitative estimate of drug-likeness (QED) is 0.790. The molecule has 0 aliphatic heterocycles. The number of hydrogen-bond acceptors (Lipinski definition) is 4. The molecule has 0 atom stereocenters. The van der Waals surface area contributed by atoms with Crippen LogP contribution in [0.1, 0.15) is 41.1 Å². The summed E-state index contributed by atoms with van der Waals surface area (Å²) in [6.07, 6.45) is 3.89. The van der Waals surface area contributed by atoms with Gasteiger partial charge < -0.3 is 14.9 Å². The second-order valence-corrected chi connectivity index (χ2v) is 4.54. The van der Waals surface area contributed by atoms with Crippen molar-refractivity contribution < 1.29 is 13.9 Å². The average Bonchev–Trinajstić information content (AvgIpc) is 2.87. The number of carbonyl (C=O) groups excluding carboxylic acids is 1. The van der Waals surface area contributed by atoms with Crippen molar-refractivity contribution in [2.45, 2.75) is 38.1 Å². The van der Waals surface area contributed by atoms with Crippen molar-refractivity contribution >= 4 is 5.97 Å². The van der Waals surface area contributed by atoms with Crippen LogP contribution in [0, 0.1) is 6.92 Å². The number of methoxy groups -OCH3 is 1. The maximum atomic E-state index is 11.4. The van der Waals surface area contributed by atoms with Crippen LogP contribution in [0.25, 0.3) is 0 Å². The lowest BCUT2D eigenvalue weighted by Crippen LogP contribution is -2.21. The molecule has 4 nitrogen and oxygen atoms in total. The molecule has 0 radical (unpaired) electrons. The van der Waals surface area contributed by atoms with Gasteiger partial charge in [0, 0.05) is 12.0 Å². The molecule has 1 saturated carbocycles. The van der Waals surface area contributed by atoms with Crippen molar-refractivity contribution in [1.82, 2.24) is 0 Å². The zero-order valence-corrected chi connectivity index (χ0v) is 9.71. The first-order chi connectivity index (χ1) is 7.54. The van der Waals surface area contributed by atoms with Gasteiger partial charge in [0.25, 0.3) is 0 Å². The van der Waals surface area contributed by atoms with E-state index in [0.717, 1.165) is 31.4 Å². The Bertz CT molecular complexity index is 404. The molecule has 1 aromatic heterocycles. The third-order valence-corrected chi connectivity index (χ3v) is 3.14. The summed E-state index contributed by atoms with van der Waals surface area (Å²) in [7, 11) is 1.37. The van der Waals surface area contributed by atoms with Crippen molar-refractivity contribution in [3.8, 4) is 0 Å². The summed E-state index contributed by atoms with van der Waals surface area (Å²) in [6, 6.07) is 1.76. The van der Waals surface area contributed by atoms with Gasteiger partial charge in [0.15, 0.2) is 0 Å². The number of nitrogens with two attached hydrogens (primary N) is 1. The molecule has 0 unspecified atom stereocenters. The van der Waals surface area contributed by atoms with E-state index in [1.54, 1.807) is 13.0 Å². The minimum Gasteiger partial charge on any atom is -0.465 e. The molecule has 1 aromatic rings. The normalized spacial score (nSPS) is 17.2. The van der Waals surface area contributed by atoms with Crippen molar-refractivity contribution in [2.75, 3.05) is 7.11 Å². The standard InChI is InChI=1S/C12H17NO3/c1-8-10(11(14)15-2)7-9(16-8)3-4-12(13)5-6-12/h7H,3-6,13H2,1-2H3. The molecule has 88 valence electrons. The summed E-state index contributed by atoms with van der Waals surface area (Å²) in [4.78, 5) is 11.4. The molecule has 0 bridgehead atoms. The number of aryl methyl sites for hydroxylation is 2. The Morgan fingerprint density at radius 2 is 2.31 bits per heavy atom. The summed E-state index contributed by atoms with van der Waals surface area (Å²) >= 11 is 0. The third kappa shape index (κ3) is 2.27. The number of carbonyl (C=O) groups is 1. The van der Waals surface area contributed by atoms with Gasteiger partial charge in [0.05, 0.1) is 7.11 Å². The Morgan fingerprint density at radius 1 is 1.62 bits per heavy atom. The second kappa shape index (κ2) is 3.94. The van der Waals surface area contributed by atoms with Gasteiger partial charge in [-0.3, -0.25) is 0 Å². The average molecular weight is 223 g/mol. The van der Waals surface area contributed by atoms with E-state index in [9.17, 15) is 4.79 Å². The first-order valence-electron chi connectivity index (χ1n) is 5.50. The van der Waals surface area contributed by atoms with Gasteiger partial charge in [0.1, 0.15) is 17.1 Å². The molecule has 0 saturated heterocycles. The molecule has 16 heavy (non-hydrogen) atoms. The fourth-order valence-corrected chi connectivity index (χ4v) is 1.76. The molecular weight excluding hydrogens is 206 g/mol. The summed E-state index contributed by atoms with van der Waals surface area (Å²) < 4.78 is 10.2. The van der Waals surface area contributed by atoms with Crippen LogP contribution in [0.15, 0.2) is 10.5 Å². The first-order valence-corrected chi connectivity index (χ1v) is 5.50. The van der Waals surface area contributed by atoms with Crippen LogP contribution < -0.4 is 5.73 Å². The number of esters is 1. The number of ether oxygens (including phenoxy) is 1. The van der Waals surface area contributed by atoms with Crippen LogP contribution in [-0.4, -0.2) is 18.6 Å². The van der Waals surface area contributed by atoms with Gasteiger partial charge in [-0.25, -0.2) is 4.79 Å². The summed E-state index contributed by atoms with van der Waals surface area (Å²) in [5, 5.41) is 0. The van der Waals surface area contributed by atoms with Crippen LogP contribution in [0.5, 0.6) is 0 Å². The Labute approximate surface area is 94.8 Å². The molecule has 1 aliphatic carbocycles. The van der Waals surface area contributed by atoms with E-state index in [1.165, 1.54) is 7.11 Å². The smallest absolute Gasteiger partial charge is 0.341 e. The third-order valence-electron chi connectivity index (χ3n) is 3.14. The lowest BCUT2D eigenvalue weighted by Gasteiger charge is -2.05. The molecule has 1 aliphatic rings. The van der Waals surface area contributed by atoms with Crippen molar-refractivity contribution in [2.24, 2.45) is 5.73 Å². The highest BCUT2D eigenvalue weighted by Crippen LogP contribution is 2.36. The van der Waals surface area contributed by atoms with Crippen LogP contribution >= 0.6 is 0 Å². The van der Waals surface area contributed by atoms with Crippen molar-refractivity contribution in [1.29, 1.82) is 0 Å². The molecule has 2 rings (SSSR count). The van der Waals surface area contributed by atoms with Gasteiger partial charge in [-0.15, -0.1) is 0 Å². The minimum absolute atomic E-state index is 0.0200. The maximum absolute atomic E-state index is 11.4. The van der Waals surface area contributed by atoms with Gasteiger partial charge in [-0.2, -0.15) is 0 Å². The molecule has 0 amide bonds. The van der Waals surface area contributed by atoms with Crippen LogP contribution in [0.2, 0.25) is 0 Å². The SMILES string of the molecule is COC(=O)c1cc(CCC2(N)CC2)oc1C. The second-order valence-electron chi connectivity index (χ2n) is 4.54. The Kier molecular flexibility index (Phi) is 2.76. The molecule has 0 spiro atoms. The summed E-state index contributed by atoms with van der Waals surface area (Å²) in [6.45, 7) is 1.77. The zero-order chi connectivity index (χ0) is 11.8. The molecule has 4 heteroatoms. The summed E-state index contributed by atoms with van der Waals surface area (Å²) in [5.41, 5.74) is 6.53. The van der Waals surface area contributed by atoms with E-state index in [1.807, 2.05) is 0 Å². The van der Waals surface area contributed by atoms with Crippen LogP contribution in [-0.2, 0) is 11.2 Å². The van der Waals surface area contributed by atoms with Crippen molar-refractivity contribution in [3.63, 3.8) is 0 Å². The monoisotopic (exact) mass is 223 g/mol. The Morgan fingerprint density at radius 3 is 2.88 bits per heavy atom. The topological polar surface area (TPSA) is 65.5 Å². The van der Waals surface area contributed by atoms with Crippen LogP contribution in [0.4, 0.5) is 0 Å². The maximum Gasteiger partial charge on any atom is 0.341 e. The highest BCUT2D eigenvalue weighted by atomic mass is 16.5.